The second kappa shape index (κ2) is 6.81. The highest BCUT2D eigenvalue weighted by Gasteiger charge is 2.18. The van der Waals surface area contributed by atoms with E-state index in [2.05, 4.69) is 9.97 Å². The van der Waals surface area contributed by atoms with Crippen molar-refractivity contribution in [1.29, 1.82) is 0 Å². The lowest BCUT2D eigenvalue weighted by Gasteiger charge is -2.12. The number of nitrogens with zero attached hydrogens (tertiary/aromatic N) is 1. The van der Waals surface area contributed by atoms with Crippen molar-refractivity contribution in [2.24, 2.45) is 0 Å². The van der Waals surface area contributed by atoms with Gasteiger partial charge in [0, 0.05) is 34.2 Å². The van der Waals surface area contributed by atoms with Crippen molar-refractivity contribution in [1.82, 2.24) is 9.97 Å². The molecule has 7 heteroatoms. The Morgan fingerprint density at radius 1 is 1.15 bits per heavy atom. The van der Waals surface area contributed by atoms with Crippen LogP contribution in [-0.2, 0) is 4.74 Å². The molecular weight excluding hydrogens is 371 g/mol. The maximum Gasteiger partial charge on any atom is 0.183 e. The highest BCUT2D eigenvalue weighted by atomic mass is 35.5. The van der Waals surface area contributed by atoms with Crippen molar-refractivity contribution >= 4 is 33.5 Å². The Labute approximate surface area is 159 Å². The Hall–Kier alpha value is -2.67. The zero-order valence-corrected chi connectivity index (χ0v) is 15.3. The summed E-state index contributed by atoms with van der Waals surface area (Å²) in [5.41, 5.74) is 3.63. The summed E-state index contributed by atoms with van der Waals surface area (Å²) < 4.78 is 24.2. The molecule has 2 N–H and O–H groups in total. The molecule has 0 fully saturated rings. The van der Waals surface area contributed by atoms with E-state index in [4.69, 9.17) is 21.1 Å². The molecule has 1 unspecified atom stereocenters. The van der Waals surface area contributed by atoms with Crippen molar-refractivity contribution < 1.29 is 19.0 Å². The average molecular weight is 387 g/mol. The number of nitrogens with one attached hydrogen (secondary N) is 1. The van der Waals surface area contributed by atoms with Crippen LogP contribution in [0.4, 0.5) is 4.39 Å². The van der Waals surface area contributed by atoms with Crippen molar-refractivity contribution in [3.05, 3.63) is 58.9 Å². The van der Waals surface area contributed by atoms with Gasteiger partial charge < -0.3 is 19.6 Å². The standard InChI is InChI=1S/C20H16ClFN2O3/c1-26-17-6-3-10(7-14(17)22)15-9-13(20(25)27-2)19-18(23-15)12-5-4-11(21)8-16(12)24-19/h3-9,20,24-25H,1-2H3. The van der Waals surface area contributed by atoms with Gasteiger partial charge in [-0.15, -0.1) is 0 Å². The van der Waals surface area contributed by atoms with Gasteiger partial charge in [-0.2, -0.15) is 0 Å². The van der Waals surface area contributed by atoms with Gasteiger partial charge in [0.05, 0.1) is 23.8 Å². The molecule has 27 heavy (non-hydrogen) atoms. The van der Waals surface area contributed by atoms with E-state index >= 15 is 0 Å². The Bertz CT molecular complexity index is 1160. The summed E-state index contributed by atoms with van der Waals surface area (Å²) in [6.07, 6.45) is -1.17. The minimum atomic E-state index is -1.17. The largest absolute Gasteiger partial charge is 0.494 e. The predicted molar refractivity (Wildman–Crippen MR) is 103 cm³/mol. The third-order valence-corrected chi connectivity index (χ3v) is 4.72. The SMILES string of the molecule is COc1ccc(-c2cc(C(O)OC)c3[nH]c4cc(Cl)ccc4c3n2)cc1F. The van der Waals surface area contributed by atoms with E-state index in [1.807, 2.05) is 6.07 Å². The van der Waals surface area contributed by atoms with Gasteiger partial charge in [-0.1, -0.05) is 11.6 Å². The number of hydrogen-bond donors (Lipinski definition) is 2. The van der Waals surface area contributed by atoms with Crippen LogP contribution in [0.3, 0.4) is 0 Å². The molecule has 0 saturated carbocycles. The van der Waals surface area contributed by atoms with Gasteiger partial charge >= 0.3 is 0 Å². The number of methoxy groups -OCH3 is 2. The first-order valence-corrected chi connectivity index (χ1v) is 8.56. The minimum Gasteiger partial charge on any atom is -0.494 e. The number of aromatic amines is 1. The molecule has 0 radical (unpaired) electrons. The quantitative estimate of drug-likeness (QED) is 0.493. The molecule has 0 saturated heterocycles. The lowest BCUT2D eigenvalue weighted by molar-refractivity contribution is -0.0759. The molecule has 0 aliphatic carbocycles. The Kier molecular flexibility index (Phi) is 4.47. The van der Waals surface area contributed by atoms with Crippen LogP contribution in [0.25, 0.3) is 33.2 Å². The molecule has 0 spiro atoms. The first-order valence-electron chi connectivity index (χ1n) is 8.18. The zero-order valence-electron chi connectivity index (χ0n) is 14.6. The van der Waals surface area contributed by atoms with E-state index in [0.29, 0.717) is 32.9 Å². The second-order valence-corrected chi connectivity index (χ2v) is 6.51. The second-order valence-electron chi connectivity index (χ2n) is 6.07. The first-order chi connectivity index (χ1) is 13.0. The molecule has 4 aromatic rings. The summed E-state index contributed by atoms with van der Waals surface area (Å²) in [5, 5.41) is 11.8. The molecule has 0 amide bonds. The lowest BCUT2D eigenvalue weighted by Crippen LogP contribution is -2.02. The van der Waals surface area contributed by atoms with Crippen LogP contribution in [0.1, 0.15) is 11.9 Å². The van der Waals surface area contributed by atoms with Gasteiger partial charge in [0.1, 0.15) is 0 Å². The summed E-state index contributed by atoms with van der Waals surface area (Å²) in [6.45, 7) is 0. The van der Waals surface area contributed by atoms with E-state index in [1.165, 1.54) is 26.4 Å². The molecule has 5 nitrogen and oxygen atoms in total. The number of pyridine rings is 1. The number of benzene rings is 2. The van der Waals surface area contributed by atoms with Gasteiger partial charge in [-0.05, 0) is 42.5 Å². The highest BCUT2D eigenvalue weighted by Crippen LogP contribution is 2.34. The number of hydrogen-bond acceptors (Lipinski definition) is 4. The first kappa shape index (κ1) is 17.7. The van der Waals surface area contributed by atoms with Crippen LogP contribution in [0.5, 0.6) is 5.75 Å². The van der Waals surface area contributed by atoms with Crippen molar-refractivity contribution in [2.75, 3.05) is 14.2 Å². The molecule has 2 aromatic heterocycles. The fourth-order valence-electron chi connectivity index (χ4n) is 3.15. The molecule has 2 aromatic carbocycles. The summed E-state index contributed by atoms with van der Waals surface area (Å²) in [5.74, 6) is -0.338. The maximum atomic E-state index is 14.2. The van der Waals surface area contributed by atoms with Crippen LogP contribution in [0.15, 0.2) is 42.5 Å². The maximum absolute atomic E-state index is 14.2. The van der Waals surface area contributed by atoms with E-state index in [-0.39, 0.29) is 5.75 Å². The van der Waals surface area contributed by atoms with Crippen LogP contribution in [0, 0.1) is 5.82 Å². The summed E-state index contributed by atoms with van der Waals surface area (Å²) in [7, 11) is 2.82. The number of fused-ring (bicyclic) bond motifs is 3. The molecule has 0 bridgehead atoms. The predicted octanol–water partition coefficient (Wildman–Crippen LogP) is 4.82. The number of halogens is 2. The number of aliphatic hydroxyl groups is 1. The fourth-order valence-corrected chi connectivity index (χ4v) is 3.32. The van der Waals surface area contributed by atoms with Crippen molar-refractivity contribution in [3.8, 4) is 17.0 Å². The van der Waals surface area contributed by atoms with Crippen LogP contribution in [0.2, 0.25) is 5.02 Å². The zero-order chi connectivity index (χ0) is 19.1. The van der Waals surface area contributed by atoms with E-state index < -0.39 is 12.1 Å². The minimum absolute atomic E-state index is 0.152. The van der Waals surface area contributed by atoms with Gasteiger partial charge in [-0.3, -0.25) is 0 Å². The number of ether oxygens (including phenoxy) is 2. The van der Waals surface area contributed by atoms with E-state index in [1.54, 1.807) is 24.3 Å². The van der Waals surface area contributed by atoms with Crippen LogP contribution in [-0.4, -0.2) is 29.3 Å². The number of aliphatic hydroxyl groups excluding tert-OH is 1. The Morgan fingerprint density at radius 3 is 2.67 bits per heavy atom. The fraction of sp³-hybridized carbons (Fsp3) is 0.150. The van der Waals surface area contributed by atoms with Crippen LogP contribution < -0.4 is 4.74 Å². The molecule has 0 aliphatic rings. The Morgan fingerprint density at radius 2 is 1.96 bits per heavy atom. The monoisotopic (exact) mass is 386 g/mol. The smallest absolute Gasteiger partial charge is 0.183 e. The Balaban J connectivity index is 2.01. The normalized spacial score (nSPS) is 12.6. The molecule has 138 valence electrons. The van der Waals surface area contributed by atoms with Gasteiger partial charge in [-0.25, -0.2) is 9.37 Å². The number of H-pyrrole nitrogens is 1. The van der Waals surface area contributed by atoms with E-state index in [9.17, 15) is 9.50 Å². The summed E-state index contributed by atoms with van der Waals surface area (Å²) in [6, 6.07) is 11.7. The van der Waals surface area contributed by atoms with Crippen molar-refractivity contribution in [3.63, 3.8) is 0 Å². The molecule has 1 atom stereocenters. The van der Waals surface area contributed by atoms with Crippen LogP contribution >= 0.6 is 11.6 Å². The topological polar surface area (TPSA) is 67.4 Å². The number of aromatic nitrogens is 2. The molecule has 4 rings (SSSR count). The summed E-state index contributed by atoms with van der Waals surface area (Å²) >= 11 is 6.08. The third kappa shape index (κ3) is 3.02. The highest BCUT2D eigenvalue weighted by molar-refractivity contribution is 6.31. The molecule has 2 heterocycles. The molecule has 0 aliphatic heterocycles. The van der Waals surface area contributed by atoms with Gasteiger partial charge in [0.25, 0.3) is 0 Å². The lowest BCUT2D eigenvalue weighted by atomic mass is 10.1. The van der Waals surface area contributed by atoms with E-state index in [0.717, 1.165) is 10.9 Å². The third-order valence-electron chi connectivity index (χ3n) is 4.48. The average Bonchev–Trinajstić information content (AvgIpc) is 3.03. The van der Waals surface area contributed by atoms with Gasteiger partial charge in [0.15, 0.2) is 17.9 Å². The number of rotatable bonds is 4. The summed E-state index contributed by atoms with van der Waals surface area (Å²) in [4.78, 5) is 7.92. The molecular formula is C20H16ClFN2O3. The van der Waals surface area contributed by atoms with Gasteiger partial charge in [0.2, 0.25) is 0 Å². The van der Waals surface area contributed by atoms with Crippen molar-refractivity contribution in [2.45, 2.75) is 6.29 Å².